The number of guanidine groups is 1. The molecule has 4 nitrogen and oxygen atoms in total. The molecule has 1 aromatic carbocycles. The van der Waals surface area contributed by atoms with Crippen molar-refractivity contribution < 1.29 is 0 Å². The van der Waals surface area contributed by atoms with Crippen LogP contribution in [0.4, 0.5) is 0 Å². The number of rotatable bonds is 7. The van der Waals surface area contributed by atoms with E-state index in [9.17, 15) is 0 Å². The van der Waals surface area contributed by atoms with Crippen LogP contribution < -0.4 is 10.6 Å². The van der Waals surface area contributed by atoms with E-state index in [0.717, 1.165) is 19.0 Å². The fourth-order valence-electron chi connectivity index (χ4n) is 3.12. The summed E-state index contributed by atoms with van der Waals surface area (Å²) in [7, 11) is 1.83. The third-order valence-electron chi connectivity index (χ3n) is 4.56. The van der Waals surface area contributed by atoms with Crippen molar-refractivity contribution in [1.82, 2.24) is 15.5 Å². The molecule has 0 aromatic heterocycles. The first-order valence-electron chi connectivity index (χ1n) is 8.92. The molecule has 2 rings (SSSR count). The minimum Gasteiger partial charge on any atom is -0.356 e. The lowest BCUT2D eigenvalue weighted by Gasteiger charge is -2.15. The lowest BCUT2D eigenvalue weighted by Crippen LogP contribution is -2.37. The van der Waals surface area contributed by atoms with E-state index in [1.54, 1.807) is 0 Å². The van der Waals surface area contributed by atoms with Gasteiger partial charge in [-0.05, 0) is 70.3 Å². The van der Waals surface area contributed by atoms with Crippen molar-refractivity contribution in [3.63, 3.8) is 0 Å². The molecule has 1 aliphatic rings. The molecule has 0 atom stereocenters. The molecular weight excluding hydrogens is 411 g/mol. The summed E-state index contributed by atoms with van der Waals surface area (Å²) in [6, 6.07) is 6.59. The molecule has 0 unspecified atom stereocenters. The first-order chi connectivity index (χ1) is 11.2. The number of unbranched alkanes of at least 4 members (excludes halogenated alkanes) is 1. The Morgan fingerprint density at radius 3 is 2.54 bits per heavy atom. The second-order valence-corrected chi connectivity index (χ2v) is 6.54. The van der Waals surface area contributed by atoms with Crippen LogP contribution in [-0.2, 0) is 6.54 Å². The maximum absolute atomic E-state index is 4.31. The number of hydrogen-bond donors (Lipinski definition) is 2. The zero-order valence-corrected chi connectivity index (χ0v) is 17.7. The molecule has 24 heavy (non-hydrogen) atoms. The Morgan fingerprint density at radius 1 is 1.12 bits per heavy atom. The largest absolute Gasteiger partial charge is 0.356 e. The highest BCUT2D eigenvalue weighted by Gasteiger charge is 2.10. The molecule has 1 fully saturated rings. The second kappa shape index (κ2) is 11.7. The van der Waals surface area contributed by atoms with E-state index in [0.29, 0.717) is 0 Å². The summed E-state index contributed by atoms with van der Waals surface area (Å²) in [6.45, 7) is 9.95. The summed E-state index contributed by atoms with van der Waals surface area (Å²) in [5.41, 5.74) is 3.97. The highest BCUT2D eigenvalue weighted by atomic mass is 127. The Labute approximate surface area is 164 Å². The summed E-state index contributed by atoms with van der Waals surface area (Å²) in [4.78, 5) is 6.89. The zero-order chi connectivity index (χ0) is 16.5. The molecule has 2 N–H and O–H groups in total. The monoisotopic (exact) mass is 444 g/mol. The average Bonchev–Trinajstić information content (AvgIpc) is 3.05. The highest BCUT2D eigenvalue weighted by Crippen LogP contribution is 2.10. The Morgan fingerprint density at radius 2 is 1.88 bits per heavy atom. The topological polar surface area (TPSA) is 39.7 Å². The normalized spacial score (nSPS) is 15.2. The number of aryl methyl sites for hydroxylation is 2. The molecule has 1 aromatic rings. The van der Waals surface area contributed by atoms with Gasteiger partial charge in [0.1, 0.15) is 0 Å². The predicted molar refractivity (Wildman–Crippen MR) is 114 cm³/mol. The number of nitrogens with zero attached hydrogens (tertiary/aromatic N) is 2. The van der Waals surface area contributed by atoms with Gasteiger partial charge in [0.2, 0.25) is 0 Å². The zero-order valence-electron chi connectivity index (χ0n) is 15.4. The van der Waals surface area contributed by atoms with E-state index >= 15 is 0 Å². The molecule has 0 radical (unpaired) electrons. The average molecular weight is 444 g/mol. The van der Waals surface area contributed by atoms with E-state index in [-0.39, 0.29) is 24.0 Å². The van der Waals surface area contributed by atoms with Crippen LogP contribution in [-0.4, -0.2) is 44.1 Å². The predicted octanol–water partition coefficient (Wildman–Crippen LogP) is 3.46. The van der Waals surface area contributed by atoms with Crippen molar-refractivity contribution in [1.29, 1.82) is 0 Å². The van der Waals surface area contributed by atoms with E-state index in [4.69, 9.17) is 0 Å². The van der Waals surface area contributed by atoms with Crippen LogP contribution in [0.1, 0.15) is 42.4 Å². The van der Waals surface area contributed by atoms with Gasteiger partial charge in [0.25, 0.3) is 0 Å². The maximum Gasteiger partial charge on any atom is 0.191 e. The van der Waals surface area contributed by atoms with Crippen molar-refractivity contribution in [2.45, 2.75) is 46.1 Å². The number of halogens is 1. The second-order valence-electron chi connectivity index (χ2n) is 6.54. The van der Waals surface area contributed by atoms with Crippen molar-refractivity contribution in [2.75, 3.05) is 33.2 Å². The summed E-state index contributed by atoms with van der Waals surface area (Å²) in [6.07, 6.45) is 5.22. The van der Waals surface area contributed by atoms with Gasteiger partial charge in [0.05, 0.1) is 0 Å². The molecule has 0 bridgehead atoms. The summed E-state index contributed by atoms with van der Waals surface area (Å²) < 4.78 is 0. The fourth-order valence-corrected chi connectivity index (χ4v) is 3.12. The molecule has 1 heterocycles. The van der Waals surface area contributed by atoms with E-state index in [2.05, 4.69) is 52.6 Å². The smallest absolute Gasteiger partial charge is 0.191 e. The molecule has 0 aliphatic carbocycles. The molecule has 1 saturated heterocycles. The summed E-state index contributed by atoms with van der Waals surface area (Å²) in [5, 5.41) is 6.82. The lowest BCUT2D eigenvalue weighted by molar-refractivity contribution is 0.330. The van der Waals surface area contributed by atoms with Gasteiger partial charge in [-0.3, -0.25) is 4.99 Å². The Balaban J connectivity index is 0.00000288. The molecule has 136 valence electrons. The van der Waals surface area contributed by atoms with Gasteiger partial charge in [0.15, 0.2) is 5.96 Å². The third kappa shape index (κ3) is 7.38. The number of benzene rings is 1. The van der Waals surface area contributed by atoms with Gasteiger partial charge in [0, 0.05) is 20.1 Å². The Hall–Kier alpha value is -0.820. The van der Waals surface area contributed by atoms with Crippen molar-refractivity contribution in [2.24, 2.45) is 4.99 Å². The minimum atomic E-state index is 0. The quantitative estimate of drug-likeness (QED) is 0.293. The van der Waals surface area contributed by atoms with Crippen molar-refractivity contribution in [3.05, 3.63) is 34.9 Å². The Kier molecular flexibility index (Phi) is 10.3. The van der Waals surface area contributed by atoms with Crippen LogP contribution >= 0.6 is 24.0 Å². The first kappa shape index (κ1) is 21.2. The number of nitrogens with one attached hydrogen (secondary N) is 2. The van der Waals surface area contributed by atoms with Gasteiger partial charge >= 0.3 is 0 Å². The molecule has 1 aliphatic heterocycles. The van der Waals surface area contributed by atoms with Crippen LogP contribution in [0, 0.1) is 13.8 Å². The van der Waals surface area contributed by atoms with Crippen LogP contribution in [0.25, 0.3) is 0 Å². The lowest BCUT2D eigenvalue weighted by atomic mass is 10.1. The van der Waals surface area contributed by atoms with Gasteiger partial charge in [-0.25, -0.2) is 0 Å². The van der Waals surface area contributed by atoms with Gasteiger partial charge < -0.3 is 15.5 Å². The van der Waals surface area contributed by atoms with Gasteiger partial charge in [-0.1, -0.05) is 23.8 Å². The van der Waals surface area contributed by atoms with Crippen molar-refractivity contribution in [3.8, 4) is 0 Å². The van der Waals surface area contributed by atoms with Gasteiger partial charge in [-0.2, -0.15) is 0 Å². The number of aliphatic imine (C=N–C) groups is 1. The summed E-state index contributed by atoms with van der Waals surface area (Å²) >= 11 is 0. The third-order valence-corrected chi connectivity index (χ3v) is 4.56. The molecular formula is C19H33IN4. The molecule has 5 heteroatoms. The van der Waals surface area contributed by atoms with E-state index in [1.165, 1.54) is 62.0 Å². The molecule has 0 amide bonds. The first-order valence-corrected chi connectivity index (χ1v) is 8.92. The van der Waals surface area contributed by atoms with E-state index in [1.807, 2.05) is 7.05 Å². The Bertz CT molecular complexity index is 510. The number of hydrogen-bond acceptors (Lipinski definition) is 2. The SMILES string of the molecule is CN=C(NCCCCN1CCCC1)NCc1ccc(C)cc1C.I. The molecule has 0 saturated carbocycles. The van der Waals surface area contributed by atoms with Crippen LogP contribution in [0.15, 0.2) is 23.2 Å². The van der Waals surface area contributed by atoms with E-state index < -0.39 is 0 Å². The maximum atomic E-state index is 4.31. The minimum absolute atomic E-state index is 0. The summed E-state index contributed by atoms with van der Waals surface area (Å²) in [5.74, 6) is 0.895. The van der Waals surface area contributed by atoms with Crippen LogP contribution in [0.3, 0.4) is 0 Å². The standard InChI is InChI=1S/C19H32N4.HI/c1-16-8-9-18(17(2)14-16)15-22-19(20-3)21-10-4-5-11-23-12-6-7-13-23;/h8-9,14H,4-7,10-13,15H2,1-3H3,(H2,20,21,22);1H. The molecule has 0 spiro atoms. The van der Waals surface area contributed by atoms with Crippen LogP contribution in [0.2, 0.25) is 0 Å². The van der Waals surface area contributed by atoms with Crippen molar-refractivity contribution >= 4 is 29.9 Å². The number of likely N-dealkylation sites (tertiary alicyclic amines) is 1. The fraction of sp³-hybridized carbons (Fsp3) is 0.632. The van der Waals surface area contributed by atoms with Crippen LogP contribution in [0.5, 0.6) is 0 Å². The highest BCUT2D eigenvalue weighted by molar-refractivity contribution is 14.0. The van der Waals surface area contributed by atoms with Gasteiger partial charge in [-0.15, -0.1) is 24.0 Å².